The number of rotatable bonds is 5. The van der Waals surface area contributed by atoms with Crippen molar-refractivity contribution in [1.29, 1.82) is 0 Å². The van der Waals surface area contributed by atoms with Gasteiger partial charge in [-0.15, -0.1) is 0 Å². The van der Waals surface area contributed by atoms with Crippen LogP contribution in [0.1, 0.15) is 33.1 Å². The summed E-state index contributed by atoms with van der Waals surface area (Å²) in [5.74, 6) is 0. The first-order valence-electron chi connectivity index (χ1n) is 6.14. The lowest BCUT2D eigenvalue weighted by Gasteiger charge is -2.36. The zero-order valence-electron chi connectivity index (χ0n) is 10.6. The molecule has 1 N–H and O–H groups in total. The Morgan fingerprint density at radius 2 is 2.00 bits per heavy atom. The maximum absolute atomic E-state index is 9.92. The molecule has 1 aliphatic rings. The molecule has 0 saturated heterocycles. The molecule has 0 aromatic heterocycles. The standard InChI is InChI=1S/C12H26N2O/c1-5-14(10(2)9-13(3)4)11-7-6-8-12(11)15/h10-12,15H,5-9H2,1-4H3/t10?,11-,12-/m1/s1. The van der Waals surface area contributed by atoms with E-state index in [0.29, 0.717) is 12.1 Å². The van der Waals surface area contributed by atoms with Gasteiger partial charge in [0.25, 0.3) is 0 Å². The molecule has 3 nitrogen and oxygen atoms in total. The van der Waals surface area contributed by atoms with Crippen LogP contribution in [0.25, 0.3) is 0 Å². The Morgan fingerprint density at radius 3 is 2.40 bits per heavy atom. The molecule has 0 radical (unpaired) electrons. The second-order valence-electron chi connectivity index (χ2n) is 5.01. The fourth-order valence-corrected chi connectivity index (χ4v) is 2.81. The number of likely N-dealkylation sites (N-methyl/N-ethyl adjacent to an activating group) is 2. The van der Waals surface area contributed by atoms with Crippen LogP contribution in [0.15, 0.2) is 0 Å². The topological polar surface area (TPSA) is 26.7 Å². The smallest absolute Gasteiger partial charge is 0.0695 e. The second-order valence-corrected chi connectivity index (χ2v) is 5.01. The first-order chi connectivity index (χ1) is 7.06. The molecule has 90 valence electrons. The van der Waals surface area contributed by atoms with E-state index in [1.807, 2.05) is 0 Å². The Morgan fingerprint density at radius 1 is 1.33 bits per heavy atom. The van der Waals surface area contributed by atoms with E-state index in [2.05, 4.69) is 37.7 Å². The van der Waals surface area contributed by atoms with Crippen molar-refractivity contribution in [1.82, 2.24) is 9.80 Å². The van der Waals surface area contributed by atoms with Crippen molar-refractivity contribution in [3.63, 3.8) is 0 Å². The van der Waals surface area contributed by atoms with Gasteiger partial charge in [0.05, 0.1) is 6.10 Å². The molecule has 0 heterocycles. The van der Waals surface area contributed by atoms with Gasteiger partial charge in [0.1, 0.15) is 0 Å². The van der Waals surface area contributed by atoms with E-state index in [-0.39, 0.29) is 6.10 Å². The third kappa shape index (κ3) is 3.44. The fourth-order valence-electron chi connectivity index (χ4n) is 2.81. The first kappa shape index (κ1) is 12.9. The Bertz CT molecular complexity index is 184. The highest BCUT2D eigenvalue weighted by atomic mass is 16.3. The molecule has 0 aliphatic heterocycles. The lowest BCUT2D eigenvalue weighted by molar-refractivity contribution is 0.0438. The second kappa shape index (κ2) is 5.83. The number of nitrogens with zero attached hydrogens (tertiary/aromatic N) is 2. The van der Waals surface area contributed by atoms with Crippen LogP contribution in [0.5, 0.6) is 0 Å². The summed E-state index contributed by atoms with van der Waals surface area (Å²) in [6, 6.07) is 0.924. The Balaban J connectivity index is 2.53. The third-order valence-electron chi connectivity index (χ3n) is 3.43. The van der Waals surface area contributed by atoms with Crippen LogP contribution in [0.4, 0.5) is 0 Å². The zero-order valence-corrected chi connectivity index (χ0v) is 10.6. The van der Waals surface area contributed by atoms with E-state index in [4.69, 9.17) is 0 Å². The van der Waals surface area contributed by atoms with Crippen LogP contribution in [0.3, 0.4) is 0 Å². The molecule has 15 heavy (non-hydrogen) atoms. The van der Waals surface area contributed by atoms with Gasteiger partial charge >= 0.3 is 0 Å². The molecule has 0 aromatic rings. The van der Waals surface area contributed by atoms with Crippen LogP contribution < -0.4 is 0 Å². The molecule has 0 aromatic carbocycles. The highest BCUT2D eigenvalue weighted by molar-refractivity contribution is 4.87. The fraction of sp³-hybridized carbons (Fsp3) is 1.00. The Kier molecular flexibility index (Phi) is 5.03. The SMILES string of the molecule is CCN(C(C)CN(C)C)[C@@H]1CCC[C@H]1O. The van der Waals surface area contributed by atoms with Gasteiger partial charge in [-0.1, -0.05) is 6.92 Å². The van der Waals surface area contributed by atoms with Crippen molar-refractivity contribution >= 4 is 0 Å². The van der Waals surface area contributed by atoms with E-state index in [0.717, 1.165) is 25.9 Å². The van der Waals surface area contributed by atoms with Crippen LogP contribution in [-0.2, 0) is 0 Å². The van der Waals surface area contributed by atoms with Gasteiger partial charge in [0, 0.05) is 18.6 Å². The molecule has 3 atom stereocenters. The molecule has 3 heteroatoms. The minimum Gasteiger partial charge on any atom is -0.391 e. The van der Waals surface area contributed by atoms with Crippen LogP contribution in [0.2, 0.25) is 0 Å². The summed E-state index contributed by atoms with van der Waals surface area (Å²) in [5, 5.41) is 9.92. The van der Waals surface area contributed by atoms with Gasteiger partial charge < -0.3 is 10.0 Å². The summed E-state index contributed by atoms with van der Waals surface area (Å²) in [5.41, 5.74) is 0. The maximum atomic E-state index is 9.92. The van der Waals surface area contributed by atoms with E-state index >= 15 is 0 Å². The quantitative estimate of drug-likeness (QED) is 0.744. The minimum atomic E-state index is -0.102. The molecular formula is C12H26N2O. The average Bonchev–Trinajstić information content (AvgIpc) is 2.52. The van der Waals surface area contributed by atoms with E-state index in [1.165, 1.54) is 6.42 Å². The third-order valence-corrected chi connectivity index (χ3v) is 3.43. The number of aliphatic hydroxyl groups is 1. The Hall–Kier alpha value is -0.120. The van der Waals surface area contributed by atoms with Crippen molar-refractivity contribution in [2.24, 2.45) is 0 Å². The molecule has 1 fully saturated rings. The molecule has 0 spiro atoms. The van der Waals surface area contributed by atoms with Gasteiger partial charge in [-0.3, -0.25) is 4.90 Å². The number of hydrogen-bond acceptors (Lipinski definition) is 3. The average molecular weight is 214 g/mol. The van der Waals surface area contributed by atoms with E-state index in [1.54, 1.807) is 0 Å². The minimum absolute atomic E-state index is 0.102. The van der Waals surface area contributed by atoms with Crippen LogP contribution in [0, 0.1) is 0 Å². The zero-order chi connectivity index (χ0) is 11.4. The molecule has 0 bridgehead atoms. The van der Waals surface area contributed by atoms with Gasteiger partial charge in [0.15, 0.2) is 0 Å². The first-order valence-corrected chi connectivity index (χ1v) is 6.14. The largest absolute Gasteiger partial charge is 0.391 e. The van der Waals surface area contributed by atoms with Gasteiger partial charge in [-0.2, -0.15) is 0 Å². The van der Waals surface area contributed by atoms with Crippen molar-refractivity contribution in [2.45, 2.75) is 51.3 Å². The van der Waals surface area contributed by atoms with Crippen LogP contribution in [-0.4, -0.2) is 60.3 Å². The van der Waals surface area contributed by atoms with E-state index < -0.39 is 0 Å². The number of aliphatic hydroxyl groups excluding tert-OH is 1. The van der Waals surface area contributed by atoms with E-state index in [9.17, 15) is 5.11 Å². The lowest BCUT2D eigenvalue weighted by atomic mass is 10.1. The van der Waals surface area contributed by atoms with Gasteiger partial charge in [-0.25, -0.2) is 0 Å². The maximum Gasteiger partial charge on any atom is 0.0695 e. The molecule has 1 saturated carbocycles. The summed E-state index contributed by atoms with van der Waals surface area (Å²) in [6.45, 7) is 6.56. The summed E-state index contributed by atoms with van der Waals surface area (Å²) in [6.07, 6.45) is 3.22. The van der Waals surface area contributed by atoms with Crippen molar-refractivity contribution in [3.8, 4) is 0 Å². The van der Waals surface area contributed by atoms with Gasteiger partial charge in [0.2, 0.25) is 0 Å². The van der Waals surface area contributed by atoms with Gasteiger partial charge in [-0.05, 0) is 46.8 Å². The summed E-state index contributed by atoms with van der Waals surface area (Å²) in [4.78, 5) is 4.67. The Labute approximate surface area is 94.1 Å². The van der Waals surface area contributed by atoms with Crippen molar-refractivity contribution < 1.29 is 5.11 Å². The predicted molar refractivity (Wildman–Crippen MR) is 64.0 cm³/mol. The molecule has 1 rings (SSSR count). The van der Waals surface area contributed by atoms with Crippen LogP contribution >= 0.6 is 0 Å². The normalized spacial score (nSPS) is 29.0. The predicted octanol–water partition coefficient (Wildman–Crippen LogP) is 1.17. The van der Waals surface area contributed by atoms with Crippen molar-refractivity contribution in [2.75, 3.05) is 27.2 Å². The molecule has 0 amide bonds. The highest BCUT2D eigenvalue weighted by Gasteiger charge is 2.32. The summed E-state index contributed by atoms with van der Waals surface area (Å²) in [7, 11) is 4.21. The highest BCUT2D eigenvalue weighted by Crippen LogP contribution is 2.25. The number of hydrogen-bond donors (Lipinski definition) is 1. The summed E-state index contributed by atoms with van der Waals surface area (Å²) >= 11 is 0. The molecular weight excluding hydrogens is 188 g/mol. The molecule has 1 aliphatic carbocycles. The monoisotopic (exact) mass is 214 g/mol. The summed E-state index contributed by atoms with van der Waals surface area (Å²) < 4.78 is 0. The lowest BCUT2D eigenvalue weighted by Crippen LogP contribution is -2.48. The molecule has 1 unspecified atom stereocenters. The van der Waals surface area contributed by atoms with Crippen molar-refractivity contribution in [3.05, 3.63) is 0 Å².